The average molecular weight is 351 g/mol. The molecule has 2 amide bonds. The van der Waals surface area contributed by atoms with Crippen molar-refractivity contribution < 1.29 is 19.1 Å². The zero-order chi connectivity index (χ0) is 18.3. The van der Waals surface area contributed by atoms with Crippen molar-refractivity contribution in [3.63, 3.8) is 0 Å². The van der Waals surface area contributed by atoms with Crippen LogP contribution in [0.1, 0.15) is 23.5 Å². The highest BCUT2D eigenvalue weighted by Crippen LogP contribution is 2.44. The Balaban J connectivity index is 1.69. The fourth-order valence-electron chi connectivity index (χ4n) is 3.36. The molecule has 2 aromatic rings. The summed E-state index contributed by atoms with van der Waals surface area (Å²) in [6, 6.07) is 8.87. The predicted molar refractivity (Wildman–Crippen MR) is 92.0 cm³/mol. The molecule has 1 fully saturated rings. The van der Waals surface area contributed by atoms with Crippen molar-refractivity contribution in [1.82, 2.24) is 9.88 Å². The largest absolute Gasteiger partial charge is 0.497 e. The number of imide groups is 1. The Labute approximate surface area is 150 Å². The molecule has 4 rings (SSSR count). The quantitative estimate of drug-likeness (QED) is 0.846. The molecule has 1 aromatic carbocycles. The zero-order valence-electron chi connectivity index (χ0n) is 14.1. The molecule has 1 atom stereocenters. The van der Waals surface area contributed by atoms with Gasteiger partial charge in [0, 0.05) is 36.4 Å². The van der Waals surface area contributed by atoms with Crippen molar-refractivity contribution in [1.29, 1.82) is 0 Å². The maximum atomic E-state index is 13.0. The monoisotopic (exact) mass is 351 g/mol. The van der Waals surface area contributed by atoms with Crippen LogP contribution in [0.5, 0.6) is 11.5 Å². The lowest BCUT2D eigenvalue weighted by Crippen LogP contribution is -2.46. The van der Waals surface area contributed by atoms with Crippen LogP contribution in [0.25, 0.3) is 0 Å². The Bertz CT molecular complexity index is 924. The smallest absolute Gasteiger partial charge is 0.262 e. The number of carbonyl (C=O) groups excluding carboxylic acids is 2. The maximum Gasteiger partial charge on any atom is 0.262 e. The summed E-state index contributed by atoms with van der Waals surface area (Å²) in [5.74, 6) is 0.0842. The van der Waals surface area contributed by atoms with Crippen LogP contribution < -0.4 is 15.2 Å². The number of nitrogens with two attached hydrogens (primary N) is 1. The van der Waals surface area contributed by atoms with Crippen LogP contribution in [0.2, 0.25) is 0 Å². The minimum atomic E-state index is -0.422. The summed E-state index contributed by atoms with van der Waals surface area (Å²) in [6.07, 6.45) is 3.42. The van der Waals surface area contributed by atoms with E-state index < -0.39 is 11.8 Å². The minimum absolute atomic E-state index is 0.0319. The van der Waals surface area contributed by atoms with Crippen molar-refractivity contribution in [3.05, 3.63) is 65.3 Å². The Morgan fingerprint density at radius 1 is 1.35 bits per heavy atom. The summed E-state index contributed by atoms with van der Waals surface area (Å²) in [5, 5.41) is 0. The lowest BCUT2D eigenvalue weighted by molar-refractivity contribution is -0.146. The molecule has 2 aliphatic rings. The first-order valence-electron chi connectivity index (χ1n) is 8.17. The van der Waals surface area contributed by atoms with Crippen molar-refractivity contribution in [3.8, 4) is 11.5 Å². The van der Waals surface area contributed by atoms with E-state index in [1.54, 1.807) is 37.7 Å². The molecule has 1 saturated heterocycles. The van der Waals surface area contributed by atoms with E-state index in [0.717, 1.165) is 11.1 Å². The molecule has 2 N–H and O–H groups in total. The zero-order valence-corrected chi connectivity index (χ0v) is 14.1. The van der Waals surface area contributed by atoms with E-state index >= 15 is 0 Å². The molecule has 0 spiro atoms. The Morgan fingerprint density at radius 3 is 2.92 bits per heavy atom. The van der Waals surface area contributed by atoms with Crippen molar-refractivity contribution in [2.45, 2.75) is 18.9 Å². The third kappa shape index (κ3) is 2.57. The first-order valence-corrected chi connectivity index (χ1v) is 8.17. The van der Waals surface area contributed by atoms with Crippen LogP contribution in [0.3, 0.4) is 0 Å². The topological polar surface area (TPSA) is 94.8 Å². The Kier molecular flexibility index (Phi) is 3.84. The van der Waals surface area contributed by atoms with Gasteiger partial charge in [-0.15, -0.1) is 0 Å². The SMILES string of the molecule is COc1ccc2c(c1)OC(N)=C1C(=O)N(Cc3cccnc3)C(=O)CC12. The van der Waals surface area contributed by atoms with Gasteiger partial charge in [0.25, 0.3) is 5.91 Å². The van der Waals surface area contributed by atoms with Crippen LogP contribution in [0.4, 0.5) is 0 Å². The summed E-state index contributed by atoms with van der Waals surface area (Å²) in [7, 11) is 1.55. The number of fused-ring (bicyclic) bond motifs is 3. The van der Waals surface area contributed by atoms with E-state index in [2.05, 4.69) is 4.98 Å². The van der Waals surface area contributed by atoms with E-state index in [1.165, 1.54) is 4.90 Å². The molecule has 7 nitrogen and oxygen atoms in total. The number of piperidine rings is 1. The molecule has 0 aliphatic carbocycles. The van der Waals surface area contributed by atoms with Gasteiger partial charge in [0.2, 0.25) is 5.91 Å². The Hall–Kier alpha value is -3.35. The molecular weight excluding hydrogens is 334 g/mol. The molecule has 0 bridgehead atoms. The number of methoxy groups -OCH3 is 1. The highest BCUT2D eigenvalue weighted by molar-refractivity contribution is 6.09. The van der Waals surface area contributed by atoms with Gasteiger partial charge in [-0.05, 0) is 17.7 Å². The lowest BCUT2D eigenvalue weighted by atomic mass is 9.82. The minimum Gasteiger partial charge on any atom is -0.497 e. The second-order valence-electron chi connectivity index (χ2n) is 6.19. The number of aromatic nitrogens is 1. The van der Waals surface area contributed by atoms with Gasteiger partial charge in [-0.25, -0.2) is 0 Å². The third-order valence-electron chi connectivity index (χ3n) is 4.65. The van der Waals surface area contributed by atoms with Gasteiger partial charge in [0.1, 0.15) is 11.5 Å². The van der Waals surface area contributed by atoms with Gasteiger partial charge in [-0.1, -0.05) is 12.1 Å². The van der Waals surface area contributed by atoms with E-state index in [-0.39, 0.29) is 24.8 Å². The molecule has 7 heteroatoms. The van der Waals surface area contributed by atoms with Crippen molar-refractivity contribution >= 4 is 11.8 Å². The van der Waals surface area contributed by atoms with E-state index in [0.29, 0.717) is 17.1 Å². The standard InChI is InChI=1S/C19H17N3O4/c1-25-12-4-5-13-14-8-16(23)22(10-11-3-2-6-21-9-11)19(24)17(14)18(20)26-15(13)7-12/h2-7,9,14H,8,10,20H2,1H3. The molecule has 1 unspecified atom stereocenters. The molecule has 3 heterocycles. The van der Waals surface area contributed by atoms with Gasteiger partial charge in [-0.2, -0.15) is 0 Å². The first kappa shape index (κ1) is 16.1. The van der Waals surface area contributed by atoms with Crippen molar-refractivity contribution in [2.24, 2.45) is 5.73 Å². The first-order chi connectivity index (χ1) is 12.6. The number of hydrogen-bond donors (Lipinski definition) is 1. The van der Waals surface area contributed by atoms with Crippen molar-refractivity contribution in [2.75, 3.05) is 7.11 Å². The predicted octanol–water partition coefficient (Wildman–Crippen LogP) is 1.70. The molecule has 2 aliphatic heterocycles. The molecular formula is C19H17N3O4. The Morgan fingerprint density at radius 2 is 2.19 bits per heavy atom. The van der Waals surface area contributed by atoms with Gasteiger partial charge in [0.05, 0.1) is 19.2 Å². The van der Waals surface area contributed by atoms with Gasteiger partial charge < -0.3 is 15.2 Å². The summed E-state index contributed by atoms with van der Waals surface area (Å²) in [6.45, 7) is 0.157. The van der Waals surface area contributed by atoms with Crippen LogP contribution in [0.15, 0.2) is 54.2 Å². The van der Waals surface area contributed by atoms with Gasteiger partial charge >= 0.3 is 0 Å². The second kappa shape index (κ2) is 6.18. The van der Waals surface area contributed by atoms with E-state index in [4.69, 9.17) is 15.2 Å². The molecule has 0 radical (unpaired) electrons. The summed E-state index contributed by atoms with van der Waals surface area (Å²) >= 11 is 0. The summed E-state index contributed by atoms with van der Waals surface area (Å²) in [5.41, 5.74) is 7.89. The van der Waals surface area contributed by atoms with Gasteiger partial charge in [0.15, 0.2) is 5.88 Å². The number of likely N-dealkylation sites (tertiary alicyclic amines) is 1. The van der Waals surface area contributed by atoms with Crippen LogP contribution >= 0.6 is 0 Å². The van der Waals surface area contributed by atoms with Crippen LogP contribution in [-0.2, 0) is 16.1 Å². The fourth-order valence-corrected chi connectivity index (χ4v) is 3.36. The number of ether oxygens (including phenoxy) is 2. The number of amides is 2. The fraction of sp³-hybridized carbons (Fsp3) is 0.211. The lowest BCUT2D eigenvalue weighted by Gasteiger charge is -2.36. The third-order valence-corrected chi connectivity index (χ3v) is 4.65. The van der Waals surface area contributed by atoms with Gasteiger partial charge in [-0.3, -0.25) is 19.5 Å². The number of rotatable bonds is 3. The van der Waals surface area contributed by atoms with E-state index in [9.17, 15) is 9.59 Å². The number of carbonyl (C=O) groups is 2. The number of hydrogen-bond acceptors (Lipinski definition) is 6. The molecule has 132 valence electrons. The highest BCUT2D eigenvalue weighted by atomic mass is 16.5. The highest BCUT2D eigenvalue weighted by Gasteiger charge is 2.43. The van der Waals surface area contributed by atoms with Crippen LogP contribution in [-0.4, -0.2) is 28.8 Å². The molecule has 1 aromatic heterocycles. The number of pyridine rings is 1. The summed E-state index contributed by atoms with van der Waals surface area (Å²) < 4.78 is 10.8. The van der Waals surface area contributed by atoms with Crippen LogP contribution in [0, 0.1) is 0 Å². The second-order valence-corrected chi connectivity index (χ2v) is 6.19. The average Bonchev–Trinajstić information content (AvgIpc) is 2.65. The number of nitrogens with zero attached hydrogens (tertiary/aromatic N) is 2. The van der Waals surface area contributed by atoms with E-state index in [1.807, 2.05) is 12.1 Å². The molecule has 26 heavy (non-hydrogen) atoms. The molecule has 0 saturated carbocycles. The maximum absolute atomic E-state index is 13.0. The summed E-state index contributed by atoms with van der Waals surface area (Å²) in [4.78, 5) is 30.8. The normalized spacial score (nSPS) is 19.0. The number of benzene rings is 1.